The summed E-state index contributed by atoms with van der Waals surface area (Å²) in [7, 11) is 0. The van der Waals surface area contributed by atoms with Crippen LogP contribution in [0, 0.1) is 11.3 Å². The Morgan fingerprint density at radius 1 is 1.43 bits per heavy atom. The van der Waals surface area contributed by atoms with E-state index < -0.39 is 0 Å². The van der Waals surface area contributed by atoms with Crippen molar-refractivity contribution in [3.05, 3.63) is 28.8 Å². The van der Waals surface area contributed by atoms with E-state index in [1.807, 2.05) is 13.0 Å². The molecular weight excluding hydrogens is 312 g/mol. The smallest absolute Gasteiger partial charge is 0.234 e. The summed E-state index contributed by atoms with van der Waals surface area (Å²) in [6.07, 6.45) is 2.93. The van der Waals surface area contributed by atoms with Gasteiger partial charge in [0.05, 0.1) is 17.1 Å². The van der Waals surface area contributed by atoms with Gasteiger partial charge in [-0.25, -0.2) is 0 Å². The summed E-state index contributed by atoms with van der Waals surface area (Å²) in [4.78, 5) is 13.9. The lowest BCUT2D eigenvalue weighted by Gasteiger charge is -2.32. The maximum absolute atomic E-state index is 11.7. The first-order valence-corrected chi connectivity index (χ1v) is 8.45. The van der Waals surface area contributed by atoms with E-state index in [-0.39, 0.29) is 5.91 Å². The molecule has 0 aliphatic carbocycles. The summed E-state index contributed by atoms with van der Waals surface area (Å²) >= 11 is 6.05. The number of hydrogen-bond donors (Lipinski definition) is 2. The van der Waals surface area contributed by atoms with Gasteiger partial charge in [-0.15, -0.1) is 0 Å². The first-order chi connectivity index (χ1) is 11.1. The maximum atomic E-state index is 11.7. The first kappa shape index (κ1) is 17.6. The van der Waals surface area contributed by atoms with Crippen LogP contribution in [-0.4, -0.2) is 43.0 Å². The molecule has 1 aliphatic rings. The molecule has 1 aromatic rings. The number of amides is 1. The molecule has 0 atom stereocenters. The second-order valence-corrected chi connectivity index (χ2v) is 6.26. The van der Waals surface area contributed by atoms with Crippen LogP contribution >= 0.6 is 11.6 Å². The highest BCUT2D eigenvalue weighted by atomic mass is 35.5. The van der Waals surface area contributed by atoms with Crippen molar-refractivity contribution in [2.75, 3.05) is 31.5 Å². The van der Waals surface area contributed by atoms with Gasteiger partial charge in [0.2, 0.25) is 5.91 Å². The monoisotopic (exact) mass is 334 g/mol. The van der Waals surface area contributed by atoms with E-state index in [1.165, 1.54) is 0 Å². The lowest BCUT2D eigenvalue weighted by molar-refractivity contribution is -0.122. The van der Waals surface area contributed by atoms with Crippen LogP contribution in [0.25, 0.3) is 0 Å². The molecule has 23 heavy (non-hydrogen) atoms. The second-order valence-electron chi connectivity index (χ2n) is 5.85. The Morgan fingerprint density at radius 3 is 2.78 bits per heavy atom. The molecule has 5 nitrogen and oxygen atoms in total. The molecule has 1 aliphatic heterocycles. The molecule has 6 heteroatoms. The predicted molar refractivity (Wildman–Crippen MR) is 92.6 cm³/mol. The molecule has 1 heterocycles. The third kappa shape index (κ3) is 5.42. The van der Waals surface area contributed by atoms with Crippen molar-refractivity contribution in [1.29, 1.82) is 5.26 Å². The van der Waals surface area contributed by atoms with Crippen molar-refractivity contribution in [2.24, 2.45) is 0 Å². The van der Waals surface area contributed by atoms with Crippen molar-refractivity contribution >= 4 is 23.2 Å². The molecule has 2 rings (SSSR count). The van der Waals surface area contributed by atoms with Crippen LogP contribution in [0.2, 0.25) is 5.02 Å². The van der Waals surface area contributed by atoms with E-state index in [0.717, 1.165) is 44.6 Å². The number of benzene rings is 1. The van der Waals surface area contributed by atoms with Gasteiger partial charge < -0.3 is 10.6 Å². The zero-order valence-corrected chi connectivity index (χ0v) is 14.2. The average molecular weight is 335 g/mol. The van der Waals surface area contributed by atoms with Crippen molar-refractivity contribution in [3.63, 3.8) is 0 Å². The Bertz CT molecular complexity index is 576. The van der Waals surface area contributed by atoms with Gasteiger partial charge in [0.25, 0.3) is 0 Å². The van der Waals surface area contributed by atoms with Crippen LogP contribution in [0.4, 0.5) is 5.69 Å². The summed E-state index contributed by atoms with van der Waals surface area (Å²) in [5.74, 6) is 0.108. The molecule has 0 aromatic heterocycles. The number of likely N-dealkylation sites (tertiary alicyclic amines) is 1. The average Bonchev–Trinajstić information content (AvgIpc) is 2.55. The minimum atomic E-state index is 0.108. The molecular formula is C17H23ClN4O. The highest BCUT2D eigenvalue weighted by molar-refractivity contribution is 6.32. The topological polar surface area (TPSA) is 68.2 Å². The van der Waals surface area contributed by atoms with Gasteiger partial charge in [0.15, 0.2) is 0 Å². The molecule has 1 saturated heterocycles. The summed E-state index contributed by atoms with van der Waals surface area (Å²) in [6, 6.07) is 7.84. The van der Waals surface area contributed by atoms with Crippen molar-refractivity contribution in [3.8, 4) is 6.07 Å². The van der Waals surface area contributed by atoms with Crippen LogP contribution in [0.1, 0.15) is 31.7 Å². The number of piperidine rings is 1. The van der Waals surface area contributed by atoms with Crippen molar-refractivity contribution in [1.82, 2.24) is 10.2 Å². The van der Waals surface area contributed by atoms with Gasteiger partial charge in [-0.3, -0.25) is 9.69 Å². The van der Waals surface area contributed by atoms with Gasteiger partial charge >= 0.3 is 0 Å². The first-order valence-electron chi connectivity index (χ1n) is 8.07. The van der Waals surface area contributed by atoms with Gasteiger partial charge in [-0.05, 0) is 37.5 Å². The van der Waals surface area contributed by atoms with Gasteiger partial charge in [0.1, 0.15) is 6.07 Å². The minimum Gasteiger partial charge on any atom is -0.382 e. The quantitative estimate of drug-likeness (QED) is 0.839. The number of rotatable bonds is 6. The molecule has 0 spiro atoms. The van der Waals surface area contributed by atoms with E-state index in [0.29, 0.717) is 23.2 Å². The third-order valence-electron chi connectivity index (χ3n) is 3.99. The summed E-state index contributed by atoms with van der Waals surface area (Å²) in [5, 5.41) is 15.7. The molecule has 1 aromatic carbocycles. The van der Waals surface area contributed by atoms with Crippen LogP contribution in [-0.2, 0) is 4.79 Å². The lowest BCUT2D eigenvalue weighted by atomic mass is 10.0. The van der Waals surface area contributed by atoms with Crippen LogP contribution in [0.15, 0.2) is 18.2 Å². The normalized spacial score (nSPS) is 15.9. The molecule has 2 N–H and O–H groups in total. The molecule has 0 bridgehead atoms. The highest BCUT2D eigenvalue weighted by Crippen LogP contribution is 2.22. The molecule has 1 fully saturated rings. The minimum absolute atomic E-state index is 0.108. The standard InChI is InChI=1S/C17H23ClN4O/c1-2-7-20-17(23)12-22-8-5-14(6-9-22)21-15-4-3-13(11-19)16(18)10-15/h3-4,10,14,21H,2,5-9,12H2,1H3,(H,20,23). The Morgan fingerprint density at radius 2 is 2.17 bits per heavy atom. The van der Waals surface area contributed by atoms with Crippen molar-refractivity contribution < 1.29 is 4.79 Å². The van der Waals surface area contributed by atoms with Gasteiger partial charge in [-0.1, -0.05) is 18.5 Å². The second kappa shape index (κ2) is 8.76. The largest absolute Gasteiger partial charge is 0.382 e. The number of carbonyl (C=O) groups excluding carboxylic acids is 1. The van der Waals surface area contributed by atoms with Gasteiger partial charge in [0, 0.05) is 31.4 Å². The Balaban J connectivity index is 1.77. The molecule has 1 amide bonds. The Labute approximate surface area is 142 Å². The number of nitrogens with zero attached hydrogens (tertiary/aromatic N) is 2. The molecule has 0 radical (unpaired) electrons. The number of halogens is 1. The molecule has 124 valence electrons. The molecule has 0 saturated carbocycles. The zero-order valence-electron chi connectivity index (χ0n) is 13.4. The van der Waals surface area contributed by atoms with Crippen LogP contribution in [0.5, 0.6) is 0 Å². The van der Waals surface area contributed by atoms with E-state index in [4.69, 9.17) is 16.9 Å². The number of anilines is 1. The third-order valence-corrected chi connectivity index (χ3v) is 4.30. The highest BCUT2D eigenvalue weighted by Gasteiger charge is 2.20. The zero-order chi connectivity index (χ0) is 16.7. The number of carbonyl (C=O) groups is 1. The maximum Gasteiger partial charge on any atom is 0.234 e. The number of hydrogen-bond acceptors (Lipinski definition) is 4. The summed E-state index contributed by atoms with van der Waals surface area (Å²) in [6.45, 7) is 5.08. The Hall–Kier alpha value is -1.77. The predicted octanol–water partition coefficient (Wildman–Crippen LogP) is 2.61. The molecule has 0 unspecified atom stereocenters. The Kier molecular flexibility index (Phi) is 6.69. The van der Waals surface area contributed by atoms with E-state index in [2.05, 4.69) is 21.6 Å². The SMILES string of the molecule is CCCNC(=O)CN1CCC(Nc2ccc(C#N)c(Cl)c2)CC1. The van der Waals surface area contributed by atoms with E-state index in [1.54, 1.807) is 12.1 Å². The number of nitriles is 1. The number of nitrogens with one attached hydrogen (secondary N) is 2. The summed E-state index contributed by atoms with van der Waals surface area (Å²) < 4.78 is 0. The van der Waals surface area contributed by atoms with E-state index >= 15 is 0 Å². The van der Waals surface area contributed by atoms with Gasteiger partial charge in [-0.2, -0.15) is 5.26 Å². The fraction of sp³-hybridized carbons (Fsp3) is 0.529. The lowest BCUT2D eigenvalue weighted by Crippen LogP contribution is -2.44. The fourth-order valence-corrected chi connectivity index (χ4v) is 2.91. The fourth-order valence-electron chi connectivity index (χ4n) is 2.69. The van der Waals surface area contributed by atoms with Crippen molar-refractivity contribution in [2.45, 2.75) is 32.2 Å². The summed E-state index contributed by atoms with van der Waals surface area (Å²) in [5.41, 5.74) is 1.43. The van der Waals surface area contributed by atoms with Crippen LogP contribution < -0.4 is 10.6 Å². The van der Waals surface area contributed by atoms with E-state index in [9.17, 15) is 4.79 Å². The van der Waals surface area contributed by atoms with Crippen LogP contribution in [0.3, 0.4) is 0 Å².